The Morgan fingerprint density at radius 2 is 1.48 bits per heavy atom. The molecular formula is C22H19N3O4. The zero-order chi connectivity index (χ0) is 20.6. The van der Waals surface area contributed by atoms with Crippen LogP contribution in [0.2, 0.25) is 0 Å². The standard InChI is InChI=1S/C22H19N3O4/c26-21(14-9-16-5-2-1-3-6-16)23-18-7-4-8-19(15-18)24-22(27)17-10-12-20(13-11-17)25(28)29/h1-8,10-13,15H,9,14H2,(H,23,26)(H,24,27). The maximum atomic E-state index is 12.3. The summed E-state index contributed by atoms with van der Waals surface area (Å²) in [5.41, 5.74) is 2.39. The number of carbonyl (C=O) groups excluding carboxylic acids is 2. The lowest BCUT2D eigenvalue weighted by Gasteiger charge is -2.09. The minimum Gasteiger partial charge on any atom is -0.326 e. The lowest BCUT2D eigenvalue weighted by molar-refractivity contribution is -0.384. The minimum atomic E-state index is -0.522. The number of amides is 2. The number of aryl methyl sites for hydroxylation is 1. The molecule has 0 unspecified atom stereocenters. The Bertz CT molecular complexity index is 1020. The highest BCUT2D eigenvalue weighted by atomic mass is 16.6. The van der Waals surface area contributed by atoms with Crippen LogP contribution < -0.4 is 10.6 Å². The number of nitro benzene ring substituents is 1. The Morgan fingerprint density at radius 1 is 0.828 bits per heavy atom. The maximum absolute atomic E-state index is 12.3. The van der Waals surface area contributed by atoms with E-state index >= 15 is 0 Å². The van der Waals surface area contributed by atoms with Gasteiger partial charge in [-0.3, -0.25) is 19.7 Å². The lowest BCUT2D eigenvalue weighted by Crippen LogP contribution is -2.14. The molecule has 0 aliphatic rings. The molecule has 0 fully saturated rings. The van der Waals surface area contributed by atoms with Crippen molar-refractivity contribution < 1.29 is 14.5 Å². The van der Waals surface area contributed by atoms with Crippen LogP contribution >= 0.6 is 0 Å². The van der Waals surface area contributed by atoms with Gasteiger partial charge >= 0.3 is 0 Å². The summed E-state index contributed by atoms with van der Waals surface area (Å²) >= 11 is 0. The first-order valence-corrected chi connectivity index (χ1v) is 9.01. The van der Waals surface area contributed by atoms with E-state index in [1.165, 1.54) is 24.3 Å². The lowest BCUT2D eigenvalue weighted by atomic mass is 10.1. The fourth-order valence-electron chi connectivity index (χ4n) is 2.74. The number of carbonyl (C=O) groups is 2. The monoisotopic (exact) mass is 389 g/mol. The average molecular weight is 389 g/mol. The summed E-state index contributed by atoms with van der Waals surface area (Å²) in [7, 11) is 0. The van der Waals surface area contributed by atoms with Crippen molar-refractivity contribution in [1.82, 2.24) is 0 Å². The topological polar surface area (TPSA) is 101 Å². The molecule has 0 bridgehead atoms. The van der Waals surface area contributed by atoms with Gasteiger partial charge in [-0.05, 0) is 42.3 Å². The molecule has 2 N–H and O–H groups in total. The molecule has 7 nitrogen and oxygen atoms in total. The van der Waals surface area contributed by atoms with Gasteiger partial charge in [0, 0.05) is 35.5 Å². The Hall–Kier alpha value is -4.00. The Kier molecular flexibility index (Phi) is 6.32. The van der Waals surface area contributed by atoms with E-state index in [1.54, 1.807) is 24.3 Å². The SMILES string of the molecule is O=C(CCc1ccccc1)Nc1cccc(NC(=O)c2ccc([N+](=O)[O-])cc2)c1. The van der Waals surface area contributed by atoms with Crippen molar-refractivity contribution in [2.24, 2.45) is 0 Å². The summed E-state index contributed by atoms with van der Waals surface area (Å²) in [6.45, 7) is 0. The van der Waals surface area contributed by atoms with Crippen LogP contribution in [0.15, 0.2) is 78.9 Å². The number of hydrogen-bond acceptors (Lipinski definition) is 4. The molecule has 0 aromatic heterocycles. The first-order valence-electron chi connectivity index (χ1n) is 9.01. The molecule has 146 valence electrons. The highest BCUT2D eigenvalue weighted by Crippen LogP contribution is 2.18. The molecule has 29 heavy (non-hydrogen) atoms. The molecule has 0 saturated carbocycles. The zero-order valence-corrected chi connectivity index (χ0v) is 15.5. The Morgan fingerprint density at radius 3 is 2.14 bits per heavy atom. The molecule has 0 atom stereocenters. The van der Waals surface area contributed by atoms with Crippen LogP contribution in [-0.2, 0) is 11.2 Å². The normalized spacial score (nSPS) is 10.2. The third-order valence-electron chi connectivity index (χ3n) is 4.23. The quantitative estimate of drug-likeness (QED) is 0.461. The van der Waals surface area contributed by atoms with E-state index in [0.29, 0.717) is 29.8 Å². The first kappa shape index (κ1) is 19.8. The van der Waals surface area contributed by atoms with Crippen LogP contribution in [0.25, 0.3) is 0 Å². The van der Waals surface area contributed by atoms with Crippen LogP contribution in [0.3, 0.4) is 0 Å². The number of nitrogens with zero attached hydrogens (tertiary/aromatic N) is 1. The van der Waals surface area contributed by atoms with Gasteiger partial charge in [0.25, 0.3) is 11.6 Å². The fraction of sp³-hybridized carbons (Fsp3) is 0.0909. The van der Waals surface area contributed by atoms with Gasteiger partial charge in [0.05, 0.1) is 4.92 Å². The molecule has 2 amide bonds. The van der Waals surface area contributed by atoms with Gasteiger partial charge in [-0.2, -0.15) is 0 Å². The highest BCUT2D eigenvalue weighted by Gasteiger charge is 2.10. The molecule has 0 heterocycles. The summed E-state index contributed by atoms with van der Waals surface area (Å²) in [5, 5.41) is 16.2. The largest absolute Gasteiger partial charge is 0.326 e. The van der Waals surface area contributed by atoms with Crippen molar-refractivity contribution in [3.63, 3.8) is 0 Å². The van der Waals surface area contributed by atoms with Gasteiger partial charge in [-0.25, -0.2) is 0 Å². The van der Waals surface area contributed by atoms with Crippen molar-refractivity contribution in [1.29, 1.82) is 0 Å². The molecule has 0 aliphatic heterocycles. The number of anilines is 2. The van der Waals surface area contributed by atoms with Gasteiger partial charge in [0.1, 0.15) is 0 Å². The van der Waals surface area contributed by atoms with Crippen LogP contribution in [0.5, 0.6) is 0 Å². The highest BCUT2D eigenvalue weighted by molar-refractivity contribution is 6.04. The Labute approximate surface area is 167 Å². The maximum Gasteiger partial charge on any atom is 0.269 e. The minimum absolute atomic E-state index is 0.0817. The predicted octanol–water partition coefficient (Wildman–Crippen LogP) is 4.42. The summed E-state index contributed by atoms with van der Waals surface area (Å²) in [6, 6.07) is 21.9. The fourth-order valence-corrected chi connectivity index (χ4v) is 2.74. The van der Waals surface area contributed by atoms with E-state index in [9.17, 15) is 19.7 Å². The molecule has 0 radical (unpaired) electrons. The van der Waals surface area contributed by atoms with Crippen molar-refractivity contribution in [2.45, 2.75) is 12.8 Å². The second-order valence-electron chi connectivity index (χ2n) is 6.37. The van der Waals surface area contributed by atoms with Crippen LogP contribution in [-0.4, -0.2) is 16.7 Å². The molecule has 0 aliphatic carbocycles. The van der Waals surface area contributed by atoms with E-state index < -0.39 is 10.8 Å². The van der Waals surface area contributed by atoms with Crippen molar-refractivity contribution in [3.05, 3.63) is 100 Å². The van der Waals surface area contributed by atoms with Crippen molar-refractivity contribution >= 4 is 28.9 Å². The van der Waals surface area contributed by atoms with Crippen LogP contribution in [0.1, 0.15) is 22.3 Å². The summed E-state index contributed by atoms with van der Waals surface area (Å²) in [5.74, 6) is -0.514. The molecular weight excluding hydrogens is 370 g/mol. The van der Waals surface area contributed by atoms with Crippen LogP contribution in [0.4, 0.5) is 17.1 Å². The molecule has 3 aromatic carbocycles. The first-order chi connectivity index (χ1) is 14.0. The van der Waals surface area contributed by atoms with E-state index in [0.717, 1.165) is 5.56 Å². The zero-order valence-electron chi connectivity index (χ0n) is 15.5. The number of non-ortho nitro benzene ring substituents is 1. The number of nitrogens with one attached hydrogen (secondary N) is 2. The number of hydrogen-bond donors (Lipinski definition) is 2. The molecule has 3 rings (SSSR count). The second-order valence-corrected chi connectivity index (χ2v) is 6.37. The van der Waals surface area contributed by atoms with Crippen molar-refractivity contribution in [2.75, 3.05) is 10.6 Å². The predicted molar refractivity (Wildman–Crippen MR) is 111 cm³/mol. The van der Waals surface area contributed by atoms with Gasteiger partial charge < -0.3 is 10.6 Å². The smallest absolute Gasteiger partial charge is 0.269 e. The third kappa shape index (κ3) is 5.74. The summed E-state index contributed by atoms with van der Waals surface area (Å²) < 4.78 is 0. The molecule has 7 heteroatoms. The number of rotatable bonds is 7. The number of benzene rings is 3. The Balaban J connectivity index is 1.58. The van der Waals surface area contributed by atoms with Crippen molar-refractivity contribution in [3.8, 4) is 0 Å². The van der Waals surface area contributed by atoms with E-state index in [4.69, 9.17) is 0 Å². The van der Waals surface area contributed by atoms with Gasteiger partial charge in [0.2, 0.25) is 5.91 Å². The molecule has 0 saturated heterocycles. The summed E-state index contributed by atoms with van der Waals surface area (Å²) in [4.78, 5) is 34.7. The van der Waals surface area contributed by atoms with Gasteiger partial charge in [-0.15, -0.1) is 0 Å². The van der Waals surface area contributed by atoms with Gasteiger partial charge in [0.15, 0.2) is 0 Å². The molecule has 0 spiro atoms. The van der Waals surface area contributed by atoms with Gasteiger partial charge in [-0.1, -0.05) is 36.4 Å². The second kappa shape index (κ2) is 9.27. The van der Waals surface area contributed by atoms with Crippen LogP contribution in [0, 0.1) is 10.1 Å². The van der Waals surface area contributed by atoms with E-state index in [1.807, 2.05) is 30.3 Å². The molecule has 3 aromatic rings. The van der Waals surface area contributed by atoms with E-state index in [-0.39, 0.29) is 11.6 Å². The summed E-state index contributed by atoms with van der Waals surface area (Å²) in [6.07, 6.45) is 0.993. The average Bonchev–Trinajstić information content (AvgIpc) is 2.73. The number of nitro groups is 1. The van der Waals surface area contributed by atoms with E-state index in [2.05, 4.69) is 10.6 Å². The third-order valence-corrected chi connectivity index (χ3v) is 4.23.